The summed E-state index contributed by atoms with van der Waals surface area (Å²) in [5, 5.41) is 0. The Morgan fingerprint density at radius 3 is 2.62 bits per heavy atom. The highest BCUT2D eigenvalue weighted by molar-refractivity contribution is 7.92. The van der Waals surface area contributed by atoms with E-state index >= 15 is 0 Å². The van der Waals surface area contributed by atoms with E-state index in [-0.39, 0.29) is 4.90 Å². The third-order valence-corrected chi connectivity index (χ3v) is 4.57. The van der Waals surface area contributed by atoms with Crippen LogP contribution >= 0.6 is 0 Å². The van der Waals surface area contributed by atoms with Crippen LogP contribution in [0.3, 0.4) is 0 Å². The predicted octanol–water partition coefficient (Wildman–Crippen LogP) is 2.52. The number of rotatable bonds is 5. The number of aryl methyl sites for hydroxylation is 1. The molecule has 2 rings (SSSR count). The van der Waals surface area contributed by atoms with E-state index in [0.29, 0.717) is 23.5 Å². The smallest absolute Gasteiger partial charge is 0.262 e. The van der Waals surface area contributed by atoms with E-state index in [2.05, 4.69) is 4.72 Å². The van der Waals surface area contributed by atoms with Crippen LogP contribution < -0.4 is 10.5 Å². The van der Waals surface area contributed by atoms with E-state index in [0.717, 1.165) is 5.56 Å². The third-order valence-electron chi connectivity index (χ3n) is 3.06. The highest BCUT2D eigenvalue weighted by Gasteiger charge is 2.18. The maximum absolute atomic E-state index is 12.5. The molecule has 3 N–H and O–H groups in total. The predicted molar refractivity (Wildman–Crippen MR) is 83.6 cm³/mol. The zero-order valence-corrected chi connectivity index (χ0v) is 12.8. The largest absolute Gasteiger partial charge is 0.399 e. The fourth-order valence-electron chi connectivity index (χ4n) is 2.01. The molecule has 5 nitrogen and oxygen atoms in total. The Morgan fingerprint density at radius 1 is 1.19 bits per heavy atom. The van der Waals surface area contributed by atoms with Crippen molar-refractivity contribution in [2.75, 3.05) is 17.6 Å². The Kier molecular flexibility index (Phi) is 4.50. The van der Waals surface area contributed by atoms with Crippen molar-refractivity contribution in [1.82, 2.24) is 0 Å². The Hall–Kier alpha value is -2.05. The molecule has 0 bridgehead atoms. The quantitative estimate of drug-likeness (QED) is 0.832. The van der Waals surface area contributed by atoms with Crippen molar-refractivity contribution < 1.29 is 13.2 Å². The van der Waals surface area contributed by atoms with Gasteiger partial charge in [-0.3, -0.25) is 4.72 Å². The van der Waals surface area contributed by atoms with Crippen molar-refractivity contribution in [3.05, 3.63) is 53.6 Å². The third kappa shape index (κ3) is 3.53. The molecular weight excluding hydrogens is 288 g/mol. The van der Waals surface area contributed by atoms with Crippen molar-refractivity contribution in [2.24, 2.45) is 0 Å². The number of hydrogen-bond acceptors (Lipinski definition) is 4. The SMILES string of the molecule is COCc1ccccc1NS(=O)(=O)c1cc(N)ccc1C. The first kappa shape index (κ1) is 15.3. The molecular formula is C15H18N2O3S. The molecule has 0 saturated carbocycles. The molecule has 0 atom stereocenters. The normalized spacial score (nSPS) is 11.3. The molecule has 0 amide bonds. The number of benzene rings is 2. The molecule has 0 aliphatic rings. The first-order valence-electron chi connectivity index (χ1n) is 6.40. The number of ether oxygens (including phenoxy) is 1. The molecule has 0 fully saturated rings. The maximum Gasteiger partial charge on any atom is 0.262 e. The lowest BCUT2D eigenvalue weighted by atomic mass is 10.2. The Morgan fingerprint density at radius 2 is 1.90 bits per heavy atom. The summed E-state index contributed by atoms with van der Waals surface area (Å²) in [7, 11) is -2.13. The fourth-order valence-corrected chi connectivity index (χ4v) is 3.39. The van der Waals surface area contributed by atoms with Crippen LogP contribution in [-0.2, 0) is 21.4 Å². The lowest BCUT2D eigenvalue weighted by Gasteiger charge is -2.14. The van der Waals surface area contributed by atoms with Crippen LogP contribution in [0.15, 0.2) is 47.4 Å². The van der Waals surface area contributed by atoms with E-state index in [1.54, 1.807) is 38.3 Å². The average Bonchev–Trinajstić information content (AvgIpc) is 2.43. The number of nitrogens with one attached hydrogen (secondary N) is 1. The lowest BCUT2D eigenvalue weighted by Crippen LogP contribution is -2.16. The molecule has 6 heteroatoms. The molecule has 0 spiro atoms. The van der Waals surface area contributed by atoms with E-state index in [1.807, 2.05) is 12.1 Å². The van der Waals surface area contributed by atoms with Crippen molar-refractivity contribution in [2.45, 2.75) is 18.4 Å². The van der Waals surface area contributed by atoms with Gasteiger partial charge in [0.15, 0.2) is 0 Å². The molecule has 0 unspecified atom stereocenters. The van der Waals surface area contributed by atoms with Gasteiger partial charge in [-0.25, -0.2) is 8.42 Å². The molecule has 0 radical (unpaired) electrons. The minimum Gasteiger partial charge on any atom is -0.399 e. The molecule has 21 heavy (non-hydrogen) atoms. The number of anilines is 2. The van der Waals surface area contributed by atoms with Gasteiger partial charge in [0.1, 0.15) is 0 Å². The fraction of sp³-hybridized carbons (Fsp3) is 0.200. The minimum atomic E-state index is -3.69. The monoisotopic (exact) mass is 306 g/mol. The van der Waals surface area contributed by atoms with Gasteiger partial charge in [-0.2, -0.15) is 0 Å². The van der Waals surface area contributed by atoms with Gasteiger partial charge in [0.05, 0.1) is 17.2 Å². The van der Waals surface area contributed by atoms with Crippen LogP contribution in [0.1, 0.15) is 11.1 Å². The summed E-state index contributed by atoms with van der Waals surface area (Å²) in [4.78, 5) is 0.176. The lowest BCUT2D eigenvalue weighted by molar-refractivity contribution is 0.185. The Labute approximate surface area is 124 Å². The van der Waals surface area contributed by atoms with E-state index in [1.165, 1.54) is 6.07 Å². The number of sulfonamides is 1. The van der Waals surface area contributed by atoms with Gasteiger partial charge < -0.3 is 10.5 Å². The topological polar surface area (TPSA) is 81.4 Å². The van der Waals surface area contributed by atoms with Crippen molar-refractivity contribution in [3.63, 3.8) is 0 Å². The molecule has 112 valence electrons. The van der Waals surface area contributed by atoms with E-state index in [9.17, 15) is 8.42 Å². The summed E-state index contributed by atoms with van der Waals surface area (Å²) >= 11 is 0. The van der Waals surface area contributed by atoms with Gasteiger partial charge in [-0.15, -0.1) is 0 Å². The highest BCUT2D eigenvalue weighted by Crippen LogP contribution is 2.24. The zero-order chi connectivity index (χ0) is 15.5. The molecule has 2 aromatic carbocycles. The second kappa shape index (κ2) is 6.15. The van der Waals surface area contributed by atoms with Crippen LogP contribution in [0, 0.1) is 6.92 Å². The van der Waals surface area contributed by atoms with Crippen LogP contribution in [0.2, 0.25) is 0 Å². The van der Waals surface area contributed by atoms with Gasteiger partial charge in [0.2, 0.25) is 0 Å². The number of hydrogen-bond donors (Lipinski definition) is 2. The summed E-state index contributed by atoms with van der Waals surface area (Å²) < 4.78 is 32.7. The Balaban J connectivity index is 2.40. The second-order valence-corrected chi connectivity index (χ2v) is 6.37. The maximum atomic E-state index is 12.5. The van der Waals surface area contributed by atoms with Gasteiger partial charge in [0.25, 0.3) is 10.0 Å². The summed E-state index contributed by atoms with van der Waals surface area (Å²) in [6, 6.07) is 11.9. The van der Waals surface area contributed by atoms with Gasteiger partial charge >= 0.3 is 0 Å². The van der Waals surface area contributed by atoms with E-state index in [4.69, 9.17) is 10.5 Å². The summed E-state index contributed by atoms with van der Waals surface area (Å²) in [6.45, 7) is 2.06. The molecule has 0 aliphatic heterocycles. The minimum absolute atomic E-state index is 0.176. The van der Waals surface area contributed by atoms with Gasteiger partial charge in [0, 0.05) is 18.4 Å². The van der Waals surface area contributed by atoms with Crippen LogP contribution in [-0.4, -0.2) is 15.5 Å². The van der Waals surface area contributed by atoms with Crippen molar-refractivity contribution >= 4 is 21.4 Å². The number of nitrogens with two attached hydrogens (primary N) is 1. The average molecular weight is 306 g/mol. The molecule has 0 heterocycles. The molecule has 0 aliphatic carbocycles. The highest BCUT2D eigenvalue weighted by atomic mass is 32.2. The van der Waals surface area contributed by atoms with E-state index < -0.39 is 10.0 Å². The number of methoxy groups -OCH3 is 1. The van der Waals surface area contributed by atoms with Gasteiger partial charge in [-0.05, 0) is 30.7 Å². The van der Waals surface area contributed by atoms with Gasteiger partial charge in [-0.1, -0.05) is 24.3 Å². The number of para-hydroxylation sites is 1. The Bertz CT molecular complexity index is 742. The summed E-state index contributed by atoms with van der Waals surface area (Å²) in [5.41, 5.74) is 8.00. The molecule has 0 saturated heterocycles. The standard InChI is InChI=1S/C15H18N2O3S/c1-11-7-8-13(16)9-15(11)21(18,19)17-14-6-4-3-5-12(14)10-20-2/h3-9,17H,10,16H2,1-2H3. The van der Waals surface area contributed by atoms with Crippen molar-refractivity contribution in [1.29, 1.82) is 0 Å². The van der Waals surface area contributed by atoms with Crippen molar-refractivity contribution in [3.8, 4) is 0 Å². The summed E-state index contributed by atoms with van der Waals surface area (Å²) in [5.74, 6) is 0. The van der Waals surface area contributed by atoms with Crippen LogP contribution in [0.25, 0.3) is 0 Å². The molecule has 2 aromatic rings. The van der Waals surface area contributed by atoms with Crippen LogP contribution in [0.4, 0.5) is 11.4 Å². The number of nitrogen functional groups attached to an aromatic ring is 1. The zero-order valence-electron chi connectivity index (χ0n) is 12.0. The molecule has 0 aromatic heterocycles. The first-order chi connectivity index (χ1) is 9.94. The van der Waals surface area contributed by atoms with Crippen LogP contribution in [0.5, 0.6) is 0 Å². The summed E-state index contributed by atoms with van der Waals surface area (Å²) in [6.07, 6.45) is 0. The second-order valence-electron chi connectivity index (χ2n) is 4.72. The first-order valence-corrected chi connectivity index (χ1v) is 7.88.